The first-order valence-electron chi connectivity index (χ1n) is 6.09. The molecule has 1 N–H and O–H groups in total. The summed E-state index contributed by atoms with van der Waals surface area (Å²) < 4.78 is 39.2. The van der Waals surface area contributed by atoms with Gasteiger partial charge in [-0.25, -0.2) is 4.68 Å². The van der Waals surface area contributed by atoms with Crippen molar-refractivity contribution in [3.63, 3.8) is 0 Å². The van der Waals surface area contributed by atoms with Crippen molar-refractivity contribution >= 4 is 51.9 Å². The van der Waals surface area contributed by atoms with E-state index in [1.54, 1.807) is 0 Å². The van der Waals surface area contributed by atoms with Gasteiger partial charge in [0.15, 0.2) is 0 Å². The van der Waals surface area contributed by atoms with Gasteiger partial charge >= 0.3 is 11.9 Å². The van der Waals surface area contributed by atoms with Crippen LogP contribution in [0.4, 0.5) is 24.7 Å². The number of halogens is 5. The molecule has 12 heteroatoms. The van der Waals surface area contributed by atoms with Crippen LogP contribution in [-0.2, 0) is 6.18 Å². The van der Waals surface area contributed by atoms with Crippen molar-refractivity contribution in [3.05, 3.63) is 44.1 Å². The number of thiocarbonyl (C=S) groups is 1. The van der Waals surface area contributed by atoms with Gasteiger partial charge in [-0.05, 0) is 19.1 Å². The summed E-state index contributed by atoms with van der Waals surface area (Å²) in [6.45, 7) is 1.48. The Balaban J connectivity index is 2.60. The number of benzene rings is 1. The minimum Gasteiger partial charge on any atom is -0.328 e. The summed E-state index contributed by atoms with van der Waals surface area (Å²) in [7, 11) is 0. The van der Waals surface area contributed by atoms with Gasteiger partial charge in [-0.2, -0.15) is 13.2 Å². The van der Waals surface area contributed by atoms with E-state index < -0.39 is 22.4 Å². The van der Waals surface area contributed by atoms with Crippen LogP contribution in [0.25, 0.3) is 5.69 Å². The van der Waals surface area contributed by atoms with E-state index in [1.165, 1.54) is 6.92 Å². The van der Waals surface area contributed by atoms with Crippen molar-refractivity contribution in [2.45, 2.75) is 13.1 Å². The molecule has 0 saturated carbocycles. The number of hydrogen-bond donors (Lipinski definition) is 1. The smallest absolute Gasteiger partial charge is 0.328 e. The monoisotopic (exact) mass is 398 g/mol. The van der Waals surface area contributed by atoms with E-state index >= 15 is 0 Å². The Morgan fingerprint density at radius 3 is 2.33 bits per heavy atom. The van der Waals surface area contributed by atoms with Gasteiger partial charge in [-0.15, -0.1) is 5.10 Å². The highest BCUT2D eigenvalue weighted by molar-refractivity contribution is 7.80. The zero-order chi connectivity index (χ0) is 18.2. The van der Waals surface area contributed by atoms with Crippen molar-refractivity contribution < 1.29 is 18.1 Å². The second kappa shape index (κ2) is 6.54. The molecule has 2 rings (SSSR count). The lowest BCUT2D eigenvalue weighted by Crippen LogP contribution is -2.08. The molecule has 0 fully saturated rings. The van der Waals surface area contributed by atoms with Gasteiger partial charge in [0, 0.05) is 0 Å². The summed E-state index contributed by atoms with van der Waals surface area (Å²) in [6, 6.07) is 1.32. The third-order valence-electron chi connectivity index (χ3n) is 2.76. The van der Waals surface area contributed by atoms with Crippen LogP contribution in [0, 0.1) is 10.1 Å². The Labute approximate surface area is 148 Å². The van der Waals surface area contributed by atoms with Gasteiger partial charge in [0.1, 0.15) is 11.9 Å². The summed E-state index contributed by atoms with van der Waals surface area (Å²) in [6.07, 6.45) is -3.66. The first-order valence-corrected chi connectivity index (χ1v) is 7.25. The standard InChI is InChI=1S/C12H7Cl2F3N4O2S/c1-5(24)18-11-9(21(22)23)4-20(19-11)10-7(13)2-6(3-8(10)14)12(15,16)17/h2-4H,1H3,(H,18,19,24). The summed E-state index contributed by atoms with van der Waals surface area (Å²) in [5, 5.41) is 16.7. The van der Waals surface area contributed by atoms with Crippen LogP contribution in [0.1, 0.15) is 12.5 Å². The number of rotatable bonds is 3. The number of aromatic nitrogens is 2. The summed E-state index contributed by atoms with van der Waals surface area (Å²) in [5.74, 6) is -0.181. The van der Waals surface area contributed by atoms with E-state index in [2.05, 4.69) is 10.4 Å². The molecular formula is C12H7Cl2F3N4O2S. The van der Waals surface area contributed by atoms with Gasteiger partial charge < -0.3 is 5.32 Å². The Hall–Kier alpha value is -1.91. The predicted octanol–water partition coefficient (Wildman–Crippen LogP) is 4.87. The molecule has 1 aromatic carbocycles. The molecule has 0 unspecified atom stereocenters. The fourth-order valence-electron chi connectivity index (χ4n) is 1.82. The van der Waals surface area contributed by atoms with Crippen LogP contribution in [0.2, 0.25) is 10.0 Å². The molecule has 1 heterocycles. The van der Waals surface area contributed by atoms with E-state index in [4.69, 9.17) is 35.4 Å². The van der Waals surface area contributed by atoms with Crippen molar-refractivity contribution in [3.8, 4) is 5.69 Å². The van der Waals surface area contributed by atoms with Crippen molar-refractivity contribution in [1.82, 2.24) is 9.78 Å². The van der Waals surface area contributed by atoms with Gasteiger partial charge in [0.05, 0.1) is 25.5 Å². The van der Waals surface area contributed by atoms with Crippen molar-refractivity contribution in [2.75, 3.05) is 5.32 Å². The molecule has 0 bridgehead atoms. The molecule has 24 heavy (non-hydrogen) atoms. The van der Waals surface area contributed by atoms with Gasteiger partial charge in [-0.3, -0.25) is 10.1 Å². The number of nitrogens with one attached hydrogen (secondary N) is 1. The highest BCUT2D eigenvalue weighted by atomic mass is 35.5. The Morgan fingerprint density at radius 1 is 1.38 bits per heavy atom. The normalized spacial score (nSPS) is 11.4. The number of nitro groups is 1. The molecule has 0 amide bonds. The van der Waals surface area contributed by atoms with Crippen LogP contribution in [0.3, 0.4) is 0 Å². The molecule has 0 saturated heterocycles. The summed E-state index contributed by atoms with van der Waals surface area (Å²) in [5.41, 5.74) is -1.60. The SMILES string of the molecule is CC(=S)Nc1nn(-c2c(Cl)cc(C(F)(F)F)cc2Cl)cc1[N+](=O)[O-]. The first kappa shape index (κ1) is 18.4. The average molecular weight is 399 g/mol. The molecule has 0 spiro atoms. The maximum atomic E-state index is 12.7. The Morgan fingerprint density at radius 2 is 1.92 bits per heavy atom. The third kappa shape index (κ3) is 3.77. The number of hydrogen-bond acceptors (Lipinski definition) is 4. The zero-order valence-electron chi connectivity index (χ0n) is 11.7. The Bertz CT molecular complexity index is 815. The lowest BCUT2D eigenvalue weighted by Gasteiger charge is -2.12. The summed E-state index contributed by atoms with van der Waals surface area (Å²) >= 11 is 16.5. The molecular weight excluding hydrogens is 392 g/mol. The lowest BCUT2D eigenvalue weighted by molar-refractivity contribution is -0.384. The minimum absolute atomic E-state index is 0.121. The van der Waals surface area contributed by atoms with Crippen LogP contribution in [0.5, 0.6) is 0 Å². The van der Waals surface area contributed by atoms with Gasteiger partial charge in [0.25, 0.3) is 0 Å². The second-order valence-electron chi connectivity index (χ2n) is 4.53. The number of alkyl halides is 3. The lowest BCUT2D eigenvalue weighted by atomic mass is 10.2. The van der Waals surface area contributed by atoms with E-state index in [9.17, 15) is 23.3 Å². The maximum absolute atomic E-state index is 12.7. The molecule has 0 aliphatic carbocycles. The van der Waals surface area contributed by atoms with Crippen molar-refractivity contribution in [2.24, 2.45) is 0 Å². The summed E-state index contributed by atoms with van der Waals surface area (Å²) in [4.78, 5) is 10.5. The van der Waals surface area contributed by atoms with Crippen molar-refractivity contribution in [1.29, 1.82) is 0 Å². The zero-order valence-corrected chi connectivity index (χ0v) is 14.0. The Kier molecular flexibility index (Phi) is 5.02. The van der Waals surface area contributed by atoms with E-state index in [0.717, 1.165) is 10.9 Å². The van der Waals surface area contributed by atoms with E-state index in [-0.39, 0.29) is 26.5 Å². The quantitative estimate of drug-likeness (QED) is 0.453. The molecule has 6 nitrogen and oxygen atoms in total. The van der Waals surface area contributed by atoms with Crippen LogP contribution >= 0.6 is 35.4 Å². The van der Waals surface area contributed by atoms with Gasteiger partial charge in [-0.1, -0.05) is 35.4 Å². The first-order chi connectivity index (χ1) is 11.0. The molecule has 1 aromatic heterocycles. The fourth-order valence-corrected chi connectivity index (χ4v) is 2.57. The van der Waals surface area contributed by atoms with E-state index in [0.29, 0.717) is 12.1 Å². The molecule has 2 aromatic rings. The molecule has 0 aliphatic heterocycles. The third-order valence-corrected chi connectivity index (χ3v) is 3.44. The molecule has 0 radical (unpaired) electrons. The molecule has 128 valence electrons. The topological polar surface area (TPSA) is 73.0 Å². The minimum atomic E-state index is -4.64. The van der Waals surface area contributed by atoms with E-state index in [1.807, 2.05) is 0 Å². The maximum Gasteiger partial charge on any atom is 0.416 e. The van der Waals surface area contributed by atoms with Crippen LogP contribution in [0.15, 0.2) is 18.3 Å². The molecule has 0 aliphatic rings. The number of anilines is 1. The largest absolute Gasteiger partial charge is 0.416 e. The highest BCUT2D eigenvalue weighted by Crippen LogP contribution is 2.38. The van der Waals surface area contributed by atoms with Crippen LogP contribution < -0.4 is 5.32 Å². The molecule has 0 atom stereocenters. The van der Waals surface area contributed by atoms with Crippen LogP contribution in [-0.4, -0.2) is 19.7 Å². The van der Waals surface area contributed by atoms with Gasteiger partial charge in [0.2, 0.25) is 5.82 Å². The average Bonchev–Trinajstić information content (AvgIpc) is 2.79. The number of nitrogens with zero attached hydrogens (tertiary/aromatic N) is 3. The highest BCUT2D eigenvalue weighted by Gasteiger charge is 2.32. The second-order valence-corrected chi connectivity index (χ2v) is 5.96. The fraction of sp³-hybridized carbons (Fsp3) is 0.167. The predicted molar refractivity (Wildman–Crippen MR) is 87.1 cm³/mol.